The lowest BCUT2D eigenvalue weighted by molar-refractivity contribution is 0.0297. The average Bonchev–Trinajstić information content (AvgIpc) is 3.05. The summed E-state index contributed by atoms with van der Waals surface area (Å²) in [6.07, 6.45) is 3.40. The van der Waals surface area contributed by atoms with Crippen LogP contribution in [0.2, 0.25) is 0 Å². The molecule has 3 heterocycles. The third-order valence-corrected chi connectivity index (χ3v) is 3.41. The summed E-state index contributed by atoms with van der Waals surface area (Å²) in [5.74, 6) is 0. The fourth-order valence-electron chi connectivity index (χ4n) is 2.48. The summed E-state index contributed by atoms with van der Waals surface area (Å²) < 4.78 is 5.42. The number of H-pyrrole nitrogens is 1. The first-order chi connectivity index (χ1) is 9.94. The summed E-state index contributed by atoms with van der Waals surface area (Å²) >= 11 is 0. The van der Waals surface area contributed by atoms with Crippen LogP contribution in [0.1, 0.15) is 20.8 Å². The third kappa shape index (κ3) is 2.79. The minimum atomic E-state index is -0.463. The van der Waals surface area contributed by atoms with E-state index in [4.69, 9.17) is 4.74 Å². The van der Waals surface area contributed by atoms with E-state index >= 15 is 0 Å². The van der Waals surface area contributed by atoms with Gasteiger partial charge in [0.1, 0.15) is 11.2 Å². The van der Waals surface area contributed by atoms with E-state index in [0.29, 0.717) is 13.2 Å². The first-order valence-corrected chi connectivity index (χ1v) is 7.09. The van der Waals surface area contributed by atoms with E-state index in [1.165, 1.54) is 0 Å². The smallest absolute Gasteiger partial charge is 0.411 e. The topological polar surface area (TPSA) is 61.5 Å². The predicted molar refractivity (Wildman–Crippen MR) is 81.2 cm³/mol. The minimum Gasteiger partial charge on any atom is -0.444 e. The van der Waals surface area contributed by atoms with Crippen LogP contribution in [-0.4, -0.2) is 46.3 Å². The molecule has 2 aromatic heterocycles. The summed E-state index contributed by atoms with van der Waals surface area (Å²) in [6, 6.07) is 3.99. The Hall–Kier alpha value is -2.24. The van der Waals surface area contributed by atoms with Gasteiger partial charge in [0.2, 0.25) is 0 Å². The van der Waals surface area contributed by atoms with Crippen molar-refractivity contribution in [2.45, 2.75) is 26.4 Å². The number of aromatic nitrogens is 2. The van der Waals surface area contributed by atoms with Gasteiger partial charge in [-0.2, -0.15) is 0 Å². The lowest BCUT2D eigenvalue weighted by atomic mass is 10.2. The van der Waals surface area contributed by atoms with E-state index in [9.17, 15) is 4.79 Å². The highest BCUT2D eigenvalue weighted by atomic mass is 16.6. The second-order valence-corrected chi connectivity index (χ2v) is 6.22. The van der Waals surface area contributed by atoms with Gasteiger partial charge in [-0.25, -0.2) is 9.78 Å². The Morgan fingerprint density at radius 2 is 2.14 bits per heavy atom. The lowest BCUT2D eigenvalue weighted by Crippen LogP contribution is -2.36. The molecule has 0 aromatic carbocycles. The molecule has 1 aliphatic heterocycles. The molecule has 1 aliphatic rings. The average molecular weight is 288 g/mol. The predicted octanol–water partition coefficient (Wildman–Crippen LogP) is 2.58. The van der Waals surface area contributed by atoms with Crippen molar-refractivity contribution >= 4 is 22.8 Å². The van der Waals surface area contributed by atoms with Crippen LogP contribution in [0.4, 0.5) is 10.5 Å². The van der Waals surface area contributed by atoms with Crippen LogP contribution in [0.5, 0.6) is 0 Å². The summed E-state index contributed by atoms with van der Waals surface area (Å²) in [5, 5.41) is 1.07. The van der Waals surface area contributed by atoms with Gasteiger partial charge in [0, 0.05) is 30.9 Å². The molecular formula is C15H20N4O2. The fourth-order valence-corrected chi connectivity index (χ4v) is 2.48. The van der Waals surface area contributed by atoms with Crippen molar-refractivity contribution in [3.05, 3.63) is 24.5 Å². The molecule has 0 radical (unpaired) electrons. The van der Waals surface area contributed by atoms with Gasteiger partial charge < -0.3 is 14.6 Å². The van der Waals surface area contributed by atoms with Crippen molar-refractivity contribution in [1.82, 2.24) is 14.9 Å². The first kappa shape index (κ1) is 13.7. The molecule has 1 amide bonds. The quantitative estimate of drug-likeness (QED) is 0.876. The molecule has 1 fully saturated rings. The van der Waals surface area contributed by atoms with Gasteiger partial charge in [-0.1, -0.05) is 0 Å². The molecule has 0 spiro atoms. The molecule has 0 atom stereocenters. The zero-order valence-electron chi connectivity index (χ0n) is 12.6. The fraction of sp³-hybridized carbons (Fsp3) is 0.467. The number of hydrogen-bond donors (Lipinski definition) is 1. The molecule has 0 bridgehead atoms. The van der Waals surface area contributed by atoms with Crippen LogP contribution in [0.15, 0.2) is 24.5 Å². The van der Waals surface area contributed by atoms with E-state index in [-0.39, 0.29) is 6.09 Å². The van der Waals surface area contributed by atoms with Crippen LogP contribution >= 0.6 is 0 Å². The first-order valence-electron chi connectivity index (χ1n) is 7.09. The normalized spacial score (nSPS) is 15.8. The maximum Gasteiger partial charge on any atom is 0.411 e. The van der Waals surface area contributed by atoms with Crippen LogP contribution < -0.4 is 4.90 Å². The SMILES string of the molecule is CC(C)(C)OC(=O)N1CCN(c2ccnc3[nH]ccc23)C1. The number of hydrogen-bond acceptors (Lipinski definition) is 4. The number of aromatic amines is 1. The molecule has 6 heteroatoms. The number of nitrogens with zero attached hydrogens (tertiary/aromatic N) is 3. The van der Waals surface area contributed by atoms with Gasteiger partial charge in [-0.3, -0.25) is 4.90 Å². The van der Waals surface area contributed by atoms with Gasteiger partial charge in [0.15, 0.2) is 0 Å². The highest BCUT2D eigenvalue weighted by Gasteiger charge is 2.29. The number of nitrogens with one attached hydrogen (secondary N) is 1. The van der Waals surface area contributed by atoms with E-state index in [2.05, 4.69) is 14.9 Å². The Morgan fingerprint density at radius 1 is 1.33 bits per heavy atom. The molecule has 6 nitrogen and oxygen atoms in total. The summed E-state index contributed by atoms with van der Waals surface area (Å²) in [4.78, 5) is 23.4. The Kier molecular flexibility index (Phi) is 3.23. The summed E-state index contributed by atoms with van der Waals surface area (Å²) in [7, 11) is 0. The van der Waals surface area contributed by atoms with Crippen LogP contribution in [0, 0.1) is 0 Å². The van der Waals surface area contributed by atoms with E-state index in [1.807, 2.05) is 39.1 Å². The second-order valence-electron chi connectivity index (χ2n) is 6.22. The Morgan fingerprint density at radius 3 is 2.90 bits per heavy atom. The van der Waals surface area contributed by atoms with E-state index < -0.39 is 5.60 Å². The van der Waals surface area contributed by atoms with E-state index in [1.54, 1.807) is 11.1 Å². The van der Waals surface area contributed by atoms with Crippen LogP contribution in [0.25, 0.3) is 11.0 Å². The molecule has 3 rings (SSSR count). The zero-order chi connectivity index (χ0) is 15.0. The van der Waals surface area contributed by atoms with Crippen molar-refractivity contribution in [2.75, 3.05) is 24.7 Å². The highest BCUT2D eigenvalue weighted by Crippen LogP contribution is 2.27. The summed E-state index contributed by atoms with van der Waals surface area (Å²) in [6.45, 7) is 7.65. The molecule has 0 unspecified atom stereocenters. The molecule has 1 saturated heterocycles. The number of rotatable bonds is 1. The van der Waals surface area contributed by atoms with Gasteiger partial charge in [0.05, 0.1) is 12.4 Å². The highest BCUT2D eigenvalue weighted by molar-refractivity contribution is 5.90. The molecule has 21 heavy (non-hydrogen) atoms. The van der Waals surface area contributed by atoms with Gasteiger partial charge in [-0.05, 0) is 32.9 Å². The molecule has 0 aliphatic carbocycles. The second kappa shape index (κ2) is 4.95. The van der Waals surface area contributed by atoms with Crippen LogP contribution in [0.3, 0.4) is 0 Å². The number of carbonyl (C=O) groups is 1. The lowest BCUT2D eigenvalue weighted by Gasteiger charge is -2.25. The van der Waals surface area contributed by atoms with Gasteiger partial charge in [-0.15, -0.1) is 0 Å². The number of fused-ring (bicyclic) bond motifs is 1. The number of anilines is 1. The molecule has 2 aromatic rings. The number of pyridine rings is 1. The number of ether oxygens (including phenoxy) is 1. The maximum absolute atomic E-state index is 12.1. The third-order valence-electron chi connectivity index (χ3n) is 3.41. The Balaban J connectivity index is 1.75. The van der Waals surface area contributed by atoms with Crippen molar-refractivity contribution in [2.24, 2.45) is 0 Å². The standard InChI is InChI=1S/C15H20N4O2/c1-15(2,3)21-14(20)19-9-8-18(10-19)12-5-7-17-13-11(12)4-6-16-13/h4-7H,8-10H2,1-3H3,(H,16,17). The molecule has 1 N–H and O–H groups in total. The van der Waals surface area contributed by atoms with E-state index in [0.717, 1.165) is 23.3 Å². The number of amides is 1. The van der Waals surface area contributed by atoms with Crippen molar-refractivity contribution < 1.29 is 9.53 Å². The summed E-state index contributed by atoms with van der Waals surface area (Å²) in [5.41, 5.74) is 1.49. The monoisotopic (exact) mass is 288 g/mol. The van der Waals surface area contributed by atoms with Crippen LogP contribution in [-0.2, 0) is 4.74 Å². The van der Waals surface area contributed by atoms with Crippen molar-refractivity contribution in [3.8, 4) is 0 Å². The maximum atomic E-state index is 12.1. The molecule has 0 saturated carbocycles. The number of carbonyl (C=O) groups excluding carboxylic acids is 1. The zero-order valence-corrected chi connectivity index (χ0v) is 12.6. The van der Waals surface area contributed by atoms with Crippen molar-refractivity contribution in [1.29, 1.82) is 0 Å². The molecular weight excluding hydrogens is 268 g/mol. The Labute approximate surface area is 123 Å². The molecule has 112 valence electrons. The Bertz CT molecular complexity index is 659. The largest absolute Gasteiger partial charge is 0.444 e. The van der Waals surface area contributed by atoms with Crippen molar-refractivity contribution in [3.63, 3.8) is 0 Å². The van der Waals surface area contributed by atoms with Gasteiger partial charge in [0.25, 0.3) is 0 Å². The van der Waals surface area contributed by atoms with Gasteiger partial charge >= 0.3 is 6.09 Å². The minimum absolute atomic E-state index is 0.260.